The third-order valence-corrected chi connectivity index (χ3v) is 4.69. The lowest BCUT2D eigenvalue weighted by Gasteiger charge is -2.14. The largest absolute Gasteiger partial charge is 0.495 e. The van der Waals surface area contributed by atoms with E-state index in [1.807, 2.05) is 0 Å². The van der Waals surface area contributed by atoms with Crippen LogP contribution >= 0.6 is 39.7 Å². The fourth-order valence-electron chi connectivity index (χ4n) is 2.19. The van der Waals surface area contributed by atoms with E-state index in [2.05, 4.69) is 20.7 Å². The molecule has 1 amide bonds. The molecule has 0 aliphatic carbocycles. The average molecular weight is 434 g/mol. The van der Waals surface area contributed by atoms with E-state index in [0.29, 0.717) is 26.5 Å². The minimum absolute atomic E-state index is 0.219. The second-order valence-electron chi connectivity index (χ2n) is 4.85. The lowest BCUT2D eigenvalue weighted by atomic mass is 10.1. The van der Waals surface area contributed by atoms with Crippen molar-refractivity contribution in [1.29, 1.82) is 0 Å². The lowest BCUT2D eigenvalue weighted by molar-refractivity contribution is -0.143. The van der Waals surface area contributed by atoms with Crippen LogP contribution in [-0.2, 0) is 14.3 Å². The maximum Gasteiger partial charge on any atom is 0.325 e. The molecule has 0 N–H and O–H groups in total. The number of ether oxygens (including phenoxy) is 2. The predicted octanol–water partition coefficient (Wildman–Crippen LogP) is 2.68. The summed E-state index contributed by atoms with van der Waals surface area (Å²) in [6, 6.07) is 3.36. The molecular formula is C15H14BrClN2O4S. The number of halogens is 2. The van der Waals surface area contributed by atoms with Crippen molar-refractivity contribution in [3.05, 3.63) is 32.9 Å². The quantitative estimate of drug-likeness (QED) is 0.413. The Morgan fingerprint density at radius 1 is 1.42 bits per heavy atom. The number of hydrogen-bond acceptors (Lipinski definition) is 5. The predicted molar refractivity (Wildman–Crippen MR) is 97.8 cm³/mol. The van der Waals surface area contributed by atoms with Crippen molar-refractivity contribution in [2.24, 2.45) is 0 Å². The van der Waals surface area contributed by atoms with E-state index in [0.717, 1.165) is 0 Å². The Morgan fingerprint density at radius 2 is 2.08 bits per heavy atom. The Morgan fingerprint density at radius 3 is 2.67 bits per heavy atom. The Bertz CT molecular complexity index is 753. The van der Waals surface area contributed by atoms with E-state index in [-0.39, 0.29) is 11.7 Å². The van der Waals surface area contributed by atoms with Crippen molar-refractivity contribution in [3.8, 4) is 5.75 Å². The third-order valence-electron chi connectivity index (χ3n) is 3.39. The number of benzene rings is 1. The molecule has 1 heterocycles. The third kappa shape index (κ3) is 3.55. The number of likely N-dealkylation sites (N-methyl/N-ethyl adjacent to an activating group) is 1. The summed E-state index contributed by atoms with van der Waals surface area (Å²) in [5.41, 5.74) is 0.908. The van der Waals surface area contributed by atoms with Crippen molar-refractivity contribution in [3.63, 3.8) is 0 Å². The molecule has 6 nitrogen and oxygen atoms in total. The molecule has 0 spiro atoms. The number of esters is 1. The monoisotopic (exact) mass is 432 g/mol. The molecule has 1 aromatic carbocycles. The van der Waals surface area contributed by atoms with Gasteiger partial charge in [-0.3, -0.25) is 14.5 Å². The van der Waals surface area contributed by atoms with Gasteiger partial charge < -0.3 is 14.4 Å². The van der Waals surface area contributed by atoms with Crippen LogP contribution in [0.1, 0.15) is 5.56 Å². The summed E-state index contributed by atoms with van der Waals surface area (Å²) >= 11 is 14.7. The van der Waals surface area contributed by atoms with Crippen LogP contribution in [0.4, 0.5) is 0 Å². The Hall–Kier alpha value is -1.64. The SMILES string of the molecule is COC(=O)CN1C(=O)/C(=C/c2cc(Cl)cc(Br)c2OC)N(C)C1=S. The maximum atomic E-state index is 12.6. The summed E-state index contributed by atoms with van der Waals surface area (Å²) in [7, 11) is 4.42. The topological polar surface area (TPSA) is 59.1 Å². The first kappa shape index (κ1) is 18.7. The first-order valence-electron chi connectivity index (χ1n) is 6.71. The van der Waals surface area contributed by atoms with Gasteiger partial charge in [0.15, 0.2) is 5.11 Å². The van der Waals surface area contributed by atoms with Crippen LogP contribution in [0.5, 0.6) is 5.75 Å². The van der Waals surface area contributed by atoms with Gasteiger partial charge in [0.2, 0.25) is 0 Å². The zero-order valence-corrected chi connectivity index (χ0v) is 16.3. The normalized spacial score (nSPS) is 16.1. The molecule has 0 bridgehead atoms. The van der Waals surface area contributed by atoms with Gasteiger partial charge in [0.05, 0.1) is 18.7 Å². The van der Waals surface area contributed by atoms with E-state index in [1.54, 1.807) is 25.3 Å². The minimum Gasteiger partial charge on any atom is -0.495 e. The molecule has 1 saturated heterocycles. The smallest absolute Gasteiger partial charge is 0.325 e. The zero-order valence-electron chi connectivity index (χ0n) is 13.1. The maximum absolute atomic E-state index is 12.6. The van der Waals surface area contributed by atoms with Gasteiger partial charge in [-0.25, -0.2) is 0 Å². The minimum atomic E-state index is -0.552. The van der Waals surface area contributed by atoms with Crippen LogP contribution < -0.4 is 4.74 Å². The summed E-state index contributed by atoms with van der Waals surface area (Å²) in [5.74, 6) is -0.417. The number of carbonyl (C=O) groups excluding carboxylic acids is 2. The number of thiocarbonyl (C=S) groups is 1. The molecule has 24 heavy (non-hydrogen) atoms. The molecule has 1 aliphatic heterocycles. The average Bonchev–Trinajstić information content (AvgIpc) is 2.72. The van der Waals surface area contributed by atoms with Crippen LogP contribution in [0.25, 0.3) is 6.08 Å². The molecular weight excluding hydrogens is 420 g/mol. The fraction of sp³-hybridized carbons (Fsp3) is 0.267. The molecule has 1 aromatic rings. The van der Waals surface area contributed by atoms with Gasteiger partial charge in [0.1, 0.15) is 18.0 Å². The van der Waals surface area contributed by atoms with Gasteiger partial charge in [0.25, 0.3) is 5.91 Å². The van der Waals surface area contributed by atoms with Gasteiger partial charge in [-0.15, -0.1) is 0 Å². The molecule has 0 unspecified atom stereocenters. The van der Waals surface area contributed by atoms with E-state index in [4.69, 9.17) is 28.6 Å². The number of carbonyl (C=O) groups is 2. The van der Waals surface area contributed by atoms with E-state index in [1.165, 1.54) is 24.0 Å². The summed E-state index contributed by atoms with van der Waals surface area (Å²) in [6.07, 6.45) is 1.61. The van der Waals surface area contributed by atoms with Crippen molar-refractivity contribution in [2.45, 2.75) is 0 Å². The first-order valence-corrected chi connectivity index (χ1v) is 8.29. The van der Waals surface area contributed by atoms with Gasteiger partial charge in [-0.2, -0.15) is 0 Å². The summed E-state index contributed by atoms with van der Waals surface area (Å²) in [5, 5.41) is 0.702. The Labute approximate surface area is 158 Å². The number of hydrogen-bond donors (Lipinski definition) is 0. The van der Waals surface area contributed by atoms with Crippen LogP contribution in [0.15, 0.2) is 22.3 Å². The summed E-state index contributed by atoms with van der Waals surface area (Å²) < 4.78 is 10.6. The van der Waals surface area contributed by atoms with Gasteiger partial charge >= 0.3 is 5.97 Å². The van der Waals surface area contributed by atoms with Crippen LogP contribution in [0, 0.1) is 0 Å². The molecule has 0 saturated carbocycles. The second-order valence-corrected chi connectivity index (χ2v) is 6.50. The van der Waals surface area contributed by atoms with Gasteiger partial charge in [-0.05, 0) is 46.4 Å². The van der Waals surface area contributed by atoms with Crippen LogP contribution in [0.2, 0.25) is 5.02 Å². The molecule has 0 atom stereocenters. The molecule has 128 valence electrons. The molecule has 1 aliphatic rings. The molecule has 0 aromatic heterocycles. The fourth-order valence-corrected chi connectivity index (χ4v) is 3.44. The highest BCUT2D eigenvalue weighted by Crippen LogP contribution is 2.35. The molecule has 1 fully saturated rings. The number of amides is 1. The summed E-state index contributed by atoms with van der Waals surface area (Å²) in [4.78, 5) is 26.8. The number of rotatable bonds is 4. The lowest BCUT2D eigenvalue weighted by Crippen LogP contribution is -2.36. The highest BCUT2D eigenvalue weighted by Gasteiger charge is 2.37. The van der Waals surface area contributed by atoms with Crippen molar-refractivity contribution >= 4 is 62.8 Å². The van der Waals surface area contributed by atoms with Crippen molar-refractivity contribution in [2.75, 3.05) is 27.8 Å². The number of methoxy groups -OCH3 is 2. The molecule has 2 rings (SSSR count). The van der Waals surface area contributed by atoms with E-state index >= 15 is 0 Å². The van der Waals surface area contributed by atoms with Gasteiger partial charge in [0, 0.05) is 17.6 Å². The van der Waals surface area contributed by atoms with Crippen LogP contribution in [-0.4, -0.2) is 54.6 Å². The Kier molecular flexibility index (Phi) is 5.84. The van der Waals surface area contributed by atoms with Crippen molar-refractivity contribution < 1.29 is 19.1 Å². The highest BCUT2D eigenvalue weighted by molar-refractivity contribution is 9.10. The van der Waals surface area contributed by atoms with Crippen LogP contribution in [0.3, 0.4) is 0 Å². The van der Waals surface area contributed by atoms with Gasteiger partial charge in [-0.1, -0.05) is 11.6 Å². The second kappa shape index (κ2) is 7.50. The molecule has 0 radical (unpaired) electrons. The van der Waals surface area contributed by atoms with E-state index < -0.39 is 11.9 Å². The standard InChI is InChI=1S/C15H14BrClN2O4S/c1-18-11(14(21)19(15(18)24)7-12(20)22-2)5-8-4-9(17)6-10(16)13(8)23-3/h4-6H,7H2,1-3H3/b11-5-. The zero-order chi connectivity index (χ0) is 18.0. The molecule has 9 heteroatoms. The summed E-state index contributed by atoms with van der Waals surface area (Å²) in [6.45, 7) is -0.244. The number of nitrogens with zero attached hydrogens (tertiary/aromatic N) is 2. The Balaban J connectivity index is 2.45. The highest BCUT2D eigenvalue weighted by atomic mass is 79.9. The first-order chi connectivity index (χ1) is 11.3. The van der Waals surface area contributed by atoms with E-state index in [9.17, 15) is 9.59 Å². The van der Waals surface area contributed by atoms with Crippen molar-refractivity contribution in [1.82, 2.24) is 9.80 Å².